The number of ether oxygens (including phenoxy) is 4. The summed E-state index contributed by atoms with van der Waals surface area (Å²) in [6.07, 6.45) is 0.666. The lowest BCUT2D eigenvalue weighted by molar-refractivity contribution is -0.303. The van der Waals surface area contributed by atoms with Crippen LogP contribution in [0, 0.1) is 50.7 Å². The molecule has 0 radical (unpaired) electrons. The van der Waals surface area contributed by atoms with Gasteiger partial charge in [-0.3, -0.25) is 9.59 Å². The van der Waals surface area contributed by atoms with Crippen molar-refractivity contribution in [3.05, 3.63) is 0 Å². The second-order valence-corrected chi connectivity index (χ2v) is 18.4. The van der Waals surface area contributed by atoms with Crippen LogP contribution in [0.2, 0.25) is 0 Å². The highest BCUT2D eigenvalue weighted by Gasteiger charge is 2.84. The standard InChI is InChI=1S/C37H58O10/c1-18(15-21(45-19(2)38)30-33(5,6)47-30)25-27(41)29(43)35(8)23-10-9-22-32(3,4)24(46-31-28(42)26(40)20(39)16-44-31)11-12-36(22)17-37(23,36)14-13-34(25,35)7/h18,20-26,28-31,39-40,42-43H,9-17H2,1-8H3/t18-,20-,21-,22?,23?,24+,25?,26-,28-,29+,30-,31+,34-,35-,36-,37+/m1/s1. The molecule has 7 rings (SSSR count). The third kappa shape index (κ3) is 4.53. The Morgan fingerprint density at radius 3 is 2.21 bits per heavy atom. The number of hydrogen-bond acceptors (Lipinski definition) is 10. The maximum absolute atomic E-state index is 14.2. The van der Waals surface area contributed by atoms with Gasteiger partial charge < -0.3 is 39.4 Å². The van der Waals surface area contributed by atoms with Crippen LogP contribution in [-0.4, -0.2) is 93.4 Å². The molecule has 2 spiro atoms. The van der Waals surface area contributed by atoms with E-state index in [1.165, 1.54) is 6.92 Å². The highest BCUT2D eigenvalue weighted by molar-refractivity contribution is 5.90. The Bertz CT molecular complexity index is 1300. The smallest absolute Gasteiger partial charge is 0.302 e. The Hall–Kier alpha value is -1.14. The van der Waals surface area contributed by atoms with Crippen molar-refractivity contribution in [1.82, 2.24) is 0 Å². The summed E-state index contributed by atoms with van der Waals surface area (Å²) < 4.78 is 23.7. The van der Waals surface area contributed by atoms with Gasteiger partial charge in [0.2, 0.25) is 0 Å². The monoisotopic (exact) mass is 662 g/mol. The molecular weight excluding hydrogens is 604 g/mol. The number of epoxide rings is 1. The van der Waals surface area contributed by atoms with E-state index in [-0.39, 0.29) is 75.6 Å². The lowest BCUT2D eigenvalue weighted by Crippen LogP contribution is -2.61. The first-order chi connectivity index (χ1) is 21.8. The lowest BCUT2D eigenvalue weighted by atomic mass is 9.41. The number of aliphatic hydroxyl groups is 4. The zero-order valence-corrected chi connectivity index (χ0v) is 29.5. The third-order valence-corrected chi connectivity index (χ3v) is 15.7. The van der Waals surface area contributed by atoms with Crippen molar-refractivity contribution in [3.8, 4) is 0 Å². The van der Waals surface area contributed by atoms with E-state index in [0.29, 0.717) is 12.3 Å². The number of rotatable bonds is 7. The number of ketones is 1. The first kappa shape index (κ1) is 34.3. The quantitative estimate of drug-likeness (QED) is 0.181. The first-order valence-corrected chi connectivity index (χ1v) is 18.2. The number of esters is 1. The van der Waals surface area contributed by atoms with Crippen LogP contribution < -0.4 is 0 Å². The molecule has 0 aromatic heterocycles. The second kappa shape index (κ2) is 10.7. The Kier molecular flexibility index (Phi) is 7.80. The molecule has 10 nitrogen and oxygen atoms in total. The molecule has 266 valence electrons. The Morgan fingerprint density at radius 1 is 0.936 bits per heavy atom. The molecule has 0 amide bonds. The molecule has 2 aliphatic heterocycles. The van der Waals surface area contributed by atoms with Crippen LogP contribution in [0.4, 0.5) is 0 Å². The summed E-state index contributed by atoms with van der Waals surface area (Å²) in [5.41, 5.74) is -1.34. The summed E-state index contributed by atoms with van der Waals surface area (Å²) in [6, 6.07) is 0. The molecule has 0 bridgehead atoms. The number of aliphatic hydroxyl groups excluding tert-OH is 4. The third-order valence-electron chi connectivity index (χ3n) is 15.7. The minimum atomic E-state index is -1.31. The van der Waals surface area contributed by atoms with Crippen molar-refractivity contribution in [3.63, 3.8) is 0 Å². The molecule has 5 aliphatic carbocycles. The number of fused-ring (bicyclic) bond motifs is 2. The van der Waals surface area contributed by atoms with Crippen molar-refractivity contribution in [2.45, 2.75) is 161 Å². The van der Waals surface area contributed by atoms with Crippen molar-refractivity contribution in [1.29, 1.82) is 0 Å². The predicted octanol–water partition coefficient (Wildman–Crippen LogP) is 3.53. The van der Waals surface area contributed by atoms with Gasteiger partial charge in [-0.1, -0.05) is 34.6 Å². The summed E-state index contributed by atoms with van der Waals surface area (Å²) in [7, 11) is 0. The number of hydrogen-bond donors (Lipinski definition) is 4. The zero-order chi connectivity index (χ0) is 34.3. The zero-order valence-electron chi connectivity index (χ0n) is 29.5. The van der Waals surface area contributed by atoms with Gasteiger partial charge in [0, 0.05) is 18.3 Å². The fourth-order valence-corrected chi connectivity index (χ4v) is 13.2. The molecular formula is C37H58O10. The molecule has 47 heavy (non-hydrogen) atoms. The highest BCUT2D eigenvalue weighted by atomic mass is 16.7. The minimum absolute atomic E-state index is 0.0512. The van der Waals surface area contributed by atoms with Crippen LogP contribution in [0.3, 0.4) is 0 Å². The van der Waals surface area contributed by atoms with Crippen LogP contribution in [0.1, 0.15) is 107 Å². The van der Waals surface area contributed by atoms with Gasteiger partial charge in [-0.25, -0.2) is 0 Å². The topological polar surface area (TPSA) is 155 Å². The van der Waals surface area contributed by atoms with E-state index in [2.05, 4.69) is 34.6 Å². The van der Waals surface area contributed by atoms with Crippen molar-refractivity contribution >= 4 is 11.8 Å². The maximum atomic E-state index is 14.2. The molecule has 2 heterocycles. The average molecular weight is 663 g/mol. The molecule has 0 aromatic carbocycles. The van der Waals surface area contributed by atoms with Crippen LogP contribution in [-0.2, 0) is 28.5 Å². The minimum Gasteiger partial charge on any atom is -0.460 e. The van der Waals surface area contributed by atoms with Crippen LogP contribution in [0.25, 0.3) is 0 Å². The van der Waals surface area contributed by atoms with E-state index in [0.717, 1.165) is 44.9 Å². The van der Waals surface area contributed by atoms with E-state index in [1.54, 1.807) is 0 Å². The van der Waals surface area contributed by atoms with Crippen molar-refractivity contribution in [2.75, 3.05) is 6.61 Å². The fraction of sp³-hybridized carbons (Fsp3) is 0.946. The van der Waals surface area contributed by atoms with E-state index in [1.807, 2.05) is 13.8 Å². The molecule has 16 atom stereocenters. The van der Waals surface area contributed by atoms with E-state index in [9.17, 15) is 30.0 Å². The molecule has 5 saturated carbocycles. The van der Waals surface area contributed by atoms with Crippen LogP contribution >= 0.6 is 0 Å². The fourth-order valence-electron chi connectivity index (χ4n) is 13.2. The van der Waals surface area contributed by atoms with Gasteiger partial charge in [0.05, 0.1) is 18.3 Å². The van der Waals surface area contributed by atoms with Gasteiger partial charge in [0.25, 0.3) is 0 Å². The van der Waals surface area contributed by atoms with Gasteiger partial charge >= 0.3 is 5.97 Å². The van der Waals surface area contributed by atoms with Gasteiger partial charge in [-0.2, -0.15) is 0 Å². The Labute approximate surface area is 279 Å². The molecule has 4 N–H and O–H groups in total. The molecule has 3 unspecified atom stereocenters. The van der Waals surface area contributed by atoms with Crippen LogP contribution in [0.5, 0.6) is 0 Å². The summed E-state index contributed by atoms with van der Waals surface area (Å²) in [6.45, 7) is 16.4. The summed E-state index contributed by atoms with van der Waals surface area (Å²) in [5.74, 6) is -0.211. The van der Waals surface area contributed by atoms with E-state index >= 15 is 0 Å². The van der Waals surface area contributed by atoms with Gasteiger partial charge in [0.1, 0.15) is 36.6 Å². The largest absolute Gasteiger partial charge is 0.460 e. The molecule has 7 aliphatic rings. The normalized spacial score (nSPS) is 53.5. The Balaban J connectivity index is 1.12. The molecule has 2 saturated heterocycles. The first-order valence-electron chi connectivity index (χ1n) is 18.2. The van der Waals surface area contributed by atoms with Crippen molar-refractivity contribution in [2.24, 2.45) is 50.7 Å². The summed E-state index contributed by atoms with van der Waals surface area (Å²) in [4.78, 5) is 26.3. The molecule has 0 aromatic rings. The van der Waals surface area contributed by atoms with E-state index < -0.39 is 42.2 Å². The second-order valence-electron chi connectivity index (χ2n) is 18.4. The Morgan fingerprint density at radius 2 is 1.57 bits per heavy atom. The summed E-state index contributed by atoms with van der Waals surface area (Å²) in [5, 5.41) is 42.8. The summed E-state index contributed by atoms with van der Waals surface area (Å²) >= 11 is 0. The predicted molar refractivity (Wildman–Crippen MR) is 170 cm³/mol. The maximum Gasteiger partial charge on any atom is 0.302 e. The number of carbonyl (C=O) groups excluding carboxylic acids is 2. The SMILES string of the molecule is CC(=O)O[C@H](C[C@@H](C)C1C(=O)[C@H](O)[C@@]2(C)C3CCC4C(C)(C)[C@@H](O[C@@H]5OC[C@@H](O)[C@@H](O)[C@H]5O)CC[C@@]45C[C@@]35CC[C@]12C)[C@H]1OC1(C)C. The van der Waals surface area contributed by atoms with E-state index in [4.69, 9.17) is 18.9 Å². The molecule has 7 fully saturated rings. The number of Topliss-reactive ketones (excluding diaryl/α,β-unsaturated/α-hetero) is 1. The van der Waals surface area contributed by atoms with Crippen LogP contribution in [0.15, 0.2) is 0 Å². The highest BCUT2D eigenvalue weighted by Crippen LogP contribution is 2.89. The average Bonchev–Trinajstić information content (AvgIpc) is 3.84. The van der Waals surface area contributed by atoms with Gasteiger partial charge in [-0.05, 0) is 105 Å². The van der Waals surface area contributed by atoms with Crippen molar-refractivity contribution < 1.29 is 49.0 Å². The van der Waals surface area contributed by atoms with Gasteiger partial charge in [-0.15, -0.1) is 0 Å². The lowest BCUT2D eigenvalue weighted by Gasteiger charge is -2.63. The molecule has 10 heteroatoms. The van der Waals surface area contributed by atoms with Gasteiger partial charge in [0.15, 0.2) is 12.1 Å². The number of carbonyl (C=O) groups is 2.